The van der Waals surface area contributed by atoms with E-state index in [1.807, 2.05) is 0 Å². The van der Waals surface area contributed by atoms with Crippen LogP contribution in [-0.2, 0) is 9.59 Å². The van der Waals surface area contributed by atoms with Gasteiger partial charge in [-0.3, -0.25) is 9.59 Å². The van der Waals surface area contributed by atoms with Crippen molar-refractivity contribution in [1.82, 2.24) is 10.3 Å². The lowest BCUT2D eigenvalue weighted by atomic mass is 10.2. The Morgan fingerprint density at radius 3 is 2.64 bits per heavy atom. The summed E-state index contributed by atoms with van der Waals surface area (Å²) in [7, 11) is 0. The fourth-order valence-electron chi connectivity index (χ4n) is 0.927. The quantitative estimate of drug-likeness (QED) is 0.623. The van der Waals surface area contributed by atoms with Crippen molar-refractivity contribution in [1.29, 1.82) is 0 Å². The summed E-state index contributed by atoms with van der Waals surface area (Å²) >= 11 is 1.18. The van der Waals surface area contributed by atoms with Crippen LogP contribution in [-0.4, -0.2) is 16.8 Å². The molecule has 6 nitrogen and oxygen atoms in total. The molecule has 1 atom stereocenters. The highest BCUT2D eigenvalue weighted by atomic mass is 32.1. The van der Waals surface area contributed by atoms with Crippen molar-refractivity contribution < 1.29 is 9.59 Å². The molecule has 0 saturated heterocycles. The van der Waals surface area contributed by atoms with Gasteiger partial charge in [0.1, 0.15) is 0 Å². The van der Waals surface area contributed by atoms with E-state index >= 15 is 0 Å². The number of primary amides is 1. The molecule has 0 aliphatic carbocycles. The van der Waals surface area contributed by atoms with Crippen LogP contribution >= 0.6 is 11.3 Å². The highest BCUT2D eigenvalue weighted by Gasteiger charge is 2.21. The lowest BCUT2D eigenvalue weighted by molar-refractivity contribution is -0.126. The van der Waals surface area contributed by atoms with Crippen LogP contribution in [0, 0.1) is 0 Å². The normalized spacial score (nSPS) is 12.1. The molecule has 7 heteroatoms. The molecule has 1 heterocycles. The van der Waals surface area contributed by atoms with Crippen molar-refractivity contribution >= 4 is 28.3 Å². The largest absolute Gasteiger partial charge is 0.375 e. The van der Waals surface area contributed by atoms with Crippen LogP contribution in [0.3, 0.4) is 0 Å². The summed E-state index contributed by atoms with van der Waals surface area (Å²) < 4.78 is 0. The average molecular weight is 214 g/mol. The smallest absolute Gasteiger partial charge is 0.246 e. The van der Waals surface area contributed by atoms with Crippen molar-refractivity contribution in [2.45, 2.75) is 13.0 Å². The predicted molar refractivity (Wildman–Crippen MR) is 52.3 cm³/mol. The Bertz CT molecular complexity index is 362. The molecule has 0 aliphatic rings. The van der Waals surface area contributed by atoms with E-state index in [9.17, 15) is 9.59 Å². The topological polar surface area (TPSA) is 111 Å². The fourth-order valence-corrected chi connectivity index (χ4v) is 1.52. The van der Waals surface area contributed by atoms with Gasteiger partial charge in [-0.15, -0.1) is 11.3 Å². The number of hydrogen-bond donors (Lipinski definition) is 3. The number of nitrogen functional groups attached to an aromatic ring is 1. The van der Waals surface area contributed by atoms with E-state index in [1.54, 1.807) is 5.38 Å². The molecular weight excluding hydrogens is 204 g/mol. The number of nitrogens with one attached hydrogen (secondary N) is 1. The minimum Gasteiger partial charge on any atom is -0.375 e. The molecular formula is C7H10N4O2S. The highest BCUT2D eigenvalue weighted by Crippen LogP contribution is 2.17. The second-order valence-corrected chi connectivity index (χ2v) is 3.54. The first kappa shape index (κ1) is 10.5. The summed E-state index contributed by atoms with van der Waals surface area (Å²) in [4.78, 5) is 25.6. The third kappa shape index (κ3) is 2.43. The second-order valence-electron chi connectivity index (χ2n) is 2.65. The van der Waals surface area contributed by atoms with Gasteiger partial charge in [-0.1, -0.05) is 0 Å². The predicted octanol–water partition coefficient (Wildman–Crippen LogP) is -0.612. The standard InChI is InChI=1S/C7H10N4O2S/c1-3(12)10-5(6(8)13)4-2-14-7(9)11-4/h2,5H,1H3,(H2,8,13)(H2,9,11)(H,10,12). The molecule has 1 aromatic rings. The minimum atomic E-state index is -0.902. The van der Waals surface area contributed by atoms with Gasteiger partial charge >= 0.3 is 0 Å². The number of rotatable bonds is 3. The molecule has 1 rings (SSSR count). The summed E-state index contributed by atoms with van der Waals surface area (Å²) in [5, 5.41) is 4.30. The molecule has 5 N–H and O–H groups in total. The lowest BCUT2D eigenvalue weighted by Crippen LogP contribution is -2.36. The van der Waals surface area contributed by atoms with Gasteiger partial charge in [-0.25, -0.2) is 4.98 Å². The molecule has 2 amide bonds. The first-order chi connectivity index (χ1) is 6.50. The van der Waals surface area contributed by atoms with Gasteiger partial charge < -0.3 is 16.8 Å². The Hall–Kier alpha value is -1.63. The maximum absolute atomic E-state index is 11.0. The fraction of sp³-hybridized carbons (Fsp3) is 0.286. The Kier molecular flexibility index (Phi) is 3.03. The van der Waals surface area contributed by atoms with Crippen molar-refractivity contribution in [3.05, 3.63) is 11.1 Å². The van der Waals surface area contributed by atoms with Crippen LogP contribution in [0.5, 0.6) is 0 Å². The van der Waals surface area contributed by atoms with E-state index in [0.29, 0.717) is 10.8 Å². The number of carbonyl (C=O) groups excluding carboxylic acids is 2. The lowest BCUT2D eigenvalue weighted by Gasteiger charge is -2.10. The summed E-state index contributed by atoms with van der Waals surface area (Å²) in [5.74, 6) is -1.01. The van der Waals surface area contributed by atoms with Crippen LogP contribution in [0.2, 0.25) is 0 Å². The Labute approximate surface area is 84.3 Å². The van der Waals surface area contributed by atoms with Gasteiger partial charge in [0.2, 0.25) is 11.8 Å². The third-order valence-electron chi connectivity index (χ3n) is 1.47. The molecule has 14 heavy (non-hydrogen) atoms. The van der Waals surface area contributed by atoms with E-state index in [1.165, 1.54) is 18.3 Å². The van der Waals surface area contributed by atoms with E-state index < -0.39 is 11.9 Å². The number of thiazole rings is 1. The molecule has 0 radical (unpaired) electrons. The summed E-state index contributed by atoms with van der Waals surface area (Å²) in [6, 6.07) is -0.902. The minimum absolute atomic E-state index is 0.330. The van der Waals surface area contributed by atoms with Crippen LogP contribution < -0.4 is 16.8 Å². The number of nitrogens with zero attached hydrogens (tertiary/aromatic N) is 1. The maximum Gasteiger partial charge on any atom is 0.246 e. The SMILES string of the molecule is CC(=O)NC(C(N)=O)c1csc(N)n1. The zero-order valence-electron chi connectivity index (χ0n) is 7.48. The van der Waals surface area contributed by atoms with Crippen LogP contribution in [0.1, 0.15) is 18.7 Å². The molecule has 76 valence electrons. The van der Waals surface area contributed by atoms with Gasteiger partial charge in [-0.2, -0.15) is 0 Å². The average Bonchev–Trinajstić information content (AvgIpc) is 2.46. The molecule has 0 aromatic carbocycles. The van der Waals surface area contributed by atoms with Crippen molar-refractivity contribution in [3.8, 4) is 0 Å². The van der Waals surface area contributed by atoms with Crippen molar-refractivity contribution in [2.75, 3.05) is 5.73 Å². The summed E-state index contributed by atoms with van der Waals surface area (Å²) in [6.45, 7) is 1.30. The molecule has 0 spiro atoms. The number of hydrogen-bond acceptors (Lipinski definition) is 5. The molecule has 0 bridgehead atoms. The number of nitrogens with two attached hydrogens (primary N) is 2. The van der Waals surface area contributed by atoms with Gasteiger partial charge in [0.25, 0.3) is 0 Å². The van der Waals surface area contributed by atoms with Crippen LogP contribution in [0.4, 0.5) is 5.13 Å². The van der Waals surface area contributed by atoms with Gasteiger partial charge in [0.05, 0.1) is 5.69 Å². The number of amides is 2. The first-order valence-electron chi connectivity index (χ1n) is 3.78. The highest BCUT2D eigenvalue weighted by molar-refractivity contribution is 7.13. The molecule has 1 unspecified atom stereocenters. The van der Waals surface area contributed by atoms with E-state index in [0.717, 1.165) is 0 Å². The van der Waals surface area contributed by atoms with Crippen LogP contribution in [0.15, 0.2) is 5.38 Å². The molecule has 0 saturated carbocycles. The Morgan fingerprint density at radius 1 is 1.64 bits per heavy atom. The third-order valence-corrected chi connectivity index (χ3v) is 2.16. The molecule has 0 fully saturated rings. The van der Waals surface area contributed by atoms with E-state index in [4.69, 9.17) is 11.5 Å². The van der Waals surface area contributed by atoms with E-state index in [-0.39, 0.29) is 5.91 Å². The number of anilines is 1. The number of aromatic nitrogens is 1. The zero-order chi connectivity index (χ0) is 10.7. The van der Waals surface area contributed by atoms with Crippen LogP contribution in [0.25, 0.3) is 0 Å². The molecule has 0 aliphatic heterocycles. The van der Waals surface area contributed by atoms with Crippen molar-refractivity contribution in [2.24, 2.45) is 5.73 Å². The van der Waals surface area contributed by atoms with Crippen molar-refractivity contribution in [3.63, 3.8) is 0 Å². The Balaban J connectivity index is 2.88. The van der Waals surface area contributed by atoms with E-state index in [2.05, 4.69) is 10.3 Å². The summed E-state index contributed by atoms with van der Waals surface area (Å²) in [5.41, 5.74) is 10.9. The Morgan fingerprint density at radius 2 is 2.29 bits per heavy atom. The van der Waals surface area contributed by atoms with Gasteiger partial charge in [-0.05, 0) is 0 Å². The second kappa shape index (κ2) is 4.05. The maximum atomic E-state index is 11.0. The summed E-state index contributed by atoms with van der Waals surface area (Å²) in [6.07, 6.45) is 0. The van der Waals surface area contributed by atoms with Gasteiger partial charge in [0, 0.05) is 12.3 Å². The molecule has 1 aromatic heterocycles. The number of carbonyl (C=O) groups is 2. The zero-order valence-corrected chi connectivity index (χ0v) is 8.30. The monoisotopic (exact) mass is 214 g/mol. The first-order valence-corrected chi connectivity index (χ1v) is 4.66. The van der Waals surface area contributed by atoms with Gasteiger partial charge in [0.15, 0.2) is 11.2 Å².